The van der Waals surface area contributed by atoms with E-state index in [0.717, 1.165) is 10.8 Å². The van der Waals surface area contributed by atoms with Gasteiger partial charge in [0, 0.05) is 6.54 Å². The Morgan fingerprint density at radius 2 is 2.31 bits per heavy atom. The molecule has 2 aliphatic heterocycles. The average Bonchev–Trinajstić information content (AvgIpc) is 2.89. The van der Waals surface area contributed by atoms with E-state index in [2.05, 4.69) is 5.32 Å². The maximum absolute atomic E-state index is 12.1. The highest BCUT2D eigenvalue weighted by Crippen LogP contribution is 2.36. The van der Waals surface area contributed by atoms with Gasteiger partial charge in [0.25, 0.3) is 15.9 Å². The van der Waals surface area contributed by atoms with Gasteiger partial charge in [-0.25, -0.2) is 12.7 Å². The van der Waals surface area contributed by atoms with Gasteiger partial charge in [0.05, 0.1) is 6.04 Å². The number of nitrogens with one attached hydrogen (secondary N) is 1. The number of hydrogen-bond acceptors (Lipinski definition) is 5. The first kappa shape index (κ1) is 10.2. The minimum absolute atomic E-state index is 0.175. The van der Waals surface area contributed by atoms with E-state index < -0.39 is 10.0 Å². The molecule has 1 amide bonds. The summed E-state index contributed by atoms with van der Waals surface area (Å²) in [6, 6.07) is 1.28. The molecule has 0 aliphatic carbocycles. The molecule has 1 fully saturated rings. The quantitative estimate of drug-likeness (QED) is 0.784. The summed E-state index contributed by atoms with van der Waals surface area (Å²) in [5.74, 6) is -0.362. The van der Waals surface area contributed by atoms with Crippen LogP contribution in [0, 0.1) is 0 Å². The first-order chi connectivity index (χ1) is 7.62. The number of amides is 1. The van der Waals surface area contributed by atoms with E-state index in [1.54, 1.807) is 5.38 Å². The fraction of sp³-hybridized carbons (Fsp3) is 0.444. The summed E-state index contributed by atoms with van der Waals surface area (Å²) >= 11 is 1.19. The fourth-order valence-electron chi connectivity index (χ4n) is 2.17. The average molecular weight is 258 g/mol. The van der Waals surface area contributed by atoms with Crippen LogP contribution in [0.4, 0.5) is 0 Å². The van der Waals surface area contributed by atoms with Crippen LogP contribution in [0.1, 0.15) is 16.1 Å². The van der Waals surface area contributed by atoms with Crippen LogP contribution in [-0.2, 0) is 10.0 Å². The van der Waals surface area contributed by atoms with Gasteiger partial charge in [-0.2, -0.15) is 0 Å². The van der Waals surface area contributed by atoms with Crippen molar-refractivity contribution < 1.29 is 13.2 Å². The van der Waals surface area contributed by atoms with Crippen molar-refractivity contribution in [2.24, 2.45) is 0 Å². The molecule has 3 heterocycles. The second kappa shape index (κ2) is 3.28. The molecule has 1 saturated heterocycles. The number of thiophene rings is 1. The number of hydrogen-bond donors (Lipinski definition) is 1. The minimum Gasteiger partial charge on any atom is -0.315 e. The largest absolute Gasteiger partial charge is 0.315 e. The summed E-state index contributed by atoms with van der Waals surface area (Å²) in [5, 5.41) is 4.71. The molecule has 7 heteroatoms. The Labute approximate surface area is 97.1 Å². The number of fused-ring (bicyclic) bond motifs is 1. The topological polar surface area (TPSA) is 66.5 Å². The van der Waals surface area contributed by atoms with Crippen molar-refractivity contribution in [1.29, 1.82) is 0 Å². The van der Waals surface area contributed by atoms with E-state index >= 15 is 0 Å². The molecule has 2 aliphatic rings. The summed E-state index contributed by atoms with van der Waals surface area (Å²) in [6.07, 6.45) is 0.694. The molecule has 5 nitrogen and oxygen atoms in total. The Morgan fingerprint density at radius 3 is 2.94 bits per heavy atom. The van der Waals surface area contributed by atoms with E-state index in [9.17, 15) is 13.2 Å². The van der Waals surface area contributed by atoms with Gasteiger partial charge in [-0.1, -0.05) is 0 Å². The number of nitrogens with zero attached hydrogens (tertiary/aromatic N) is 1. The molecule has 1 aromatic rings. The second-order valence-electron chi connectivity index (χ2n) is 3.87. The predicted molar refractivity (Wildman–Crippen MR) is 58.9 cm³/mol. The third-order valence-corrected chi connectivity index (χ3v) is 5.84. The number of carbonyl (C=O) groups is 1. The lowest BCUT2D eigenvalue weighted by Gasteiger charge is -2.21. The number of carbonyl (C=O) groups excluding carboxylic acids is 1. The highest BCUT2D eigenvalue weighted by Gasteiger charge is 2.46. The SMILES string of the molecule is O=C1c2sccc2S(=O)(=O)N1[C@H]1CCNC1. The lowest BCUT2D eigenvalue weighted by atomic mass is 10.2. The van der Waals surface area contributed by atoms with Gasteiger partial charge >= 0.3 is 0 Å². The zero-order valence-electron chi connectivity index (χ0n) is 8.34. The lowest BCUT2D eigenvalue weighted by molar-refractivity contribution is 0.0844. The summed E-state index contributed by atoms with van der Waals surface area (Å²) in [4.78, 5) is 12.5. The smallest absolute Gasteiger partial charge is 0.279 e. The fourth-order valence-corrected chi connectivity index (χ4v) is 5.16. The first-order valence-corrected chi connectivity index (χ1v) is 7.31. The van der Waals surface area contributed by atoms with E-state index in [4.69, 9.17) is 0 Å². The molecule has 0 aromatic carbocycles. The summed E-state index contributed by atoms with van der Waals surface area (Å²) in [6.45, 7) is 1.32. The van der Waals surface area contributed by atoms with Gasteiger partial charge < -0.3 is 5.32 Å². The molecule has 3 rings (SSSR count). The summed E-state index contributed by atoms with van der Waals surface area (Å²) in [7, 11) is -3.58. The number of sulfonamides is 1. The molecular weight excluding hydrogens is 248 g/mol. The predicted octanol–water partition coefficient (Wildman–Crippen LogP) is 0.255. The van der Waals surface area contributed by atoms with E-state index in [1.165, 1.54) is 17.4 Å². The van der Waals surface area contributed by atoms with Crippen LogP contribution < -0.4 is 5.32 Å². The highest BCUT2D eigenvalue weighted by molar-refractivity contribution is 7.90. The van der Waals surface area contributed by atoms with Crippen LogP contribution in [0.5, 0.6) is 0 Å². The second-order valence-corrected chi connectivity index (χ2v) is 6.57. The first-order valence-electron chi connectivity index (χ1n) is 4.99. The van der Waals surface area contributed by atoms with Gasteiger partial charge in [0.2, 0.25) is 0 Å². The number of rotatable bonds is 1. The Hall–Kier alpha value is -0.920. The molecule has 0 radical (unpaired) electrons. The van der Waals surface area contributed by atoms with Crippen molar-refractivity contribution >= 4 is 27.3 Å². The van der Waals surface area contributed by atoms with Crippen molar-refractivity contribution in [3.8, 4) is 0 Å². The third kappa shape index (κ3) is 1.19. The Morgan fingerprint density at radius 1 is 1.50 bits per heavy atom. The molecule has 0 bridgehead atoms. The van der Waals surface area contributed by atoms with Crippen molar-refractivity contribution in [1.82, 2.24) is 9.62 Å². The lowest BCUT2D eigenvalue weighted by Crippen LogP contribution is -2.41. The summed E-state index contributed by atoms with van der Waals surface area (Å²) < 4.78 is 25.3. The monoisotopic (exact) mass is 258 g/mol. The van der Waals surface area contributed by atoms with E-state index in [-0.39, 0.29) is 16.8 Å². The van der Waals surface area contributed by atoms with Gasteiger partial charge in [-0.15, -0.1) is 11.3 Å². The van der Waals surface area contributed by atoms with E-state index in [1.807, 2.05) is 0 Å². The molecule has 0 unspecified atom stereocenters. The highest BCUT2D eigenvalue weighted by atomic mass is 32.2. The van der Waals surface area contributed by atoms with Crippen molar-refractivity contribution in [2.75, 3.05) is 13.1 Å². The van der Waals surface area contributed by atoms with E-state index in [0.29, 0.717) is 17.8 Å². The van der Waals surface area contributed by atoms with Gasteiger partial charge in [-0.3, -0.25) is 4.79 Å². The van der Waals surface area contributed by atoms with Crippen LogP contribution in [0.15, 0.2) is 16.3 Å². The van der Waals surface area contributed by atoms with Crippen LogP contribution in [0.3, 0.4) is 0 Å². The molecule has 1 atom stereocenters. The molecule has 16 heavy (non-hydrogen) atoms. The van der Waals surface area contributed by atoms with Crippen molar-refractivity contribution in [3.05, 3.63) is 16.3 Å². The summed E-state index contributed by atoms with van der Waals surface area (Å²) in [5.41, 5.74) is 0. The molecule has 0 spiro atoms. The van der Waals surface area contributed by atoms with Gasteiger partial charge in [-0.05, 0) is 24.4 Å². The Balaban J connectivity index is 2.10. The minimum atomic E-state index is -3.58. The molecule has 0 saturated carbocycles. The Kier molecular flexibility index (Phi) is 2.10. The zero-order valence-corrected chi connectivity index (χ0v) is 9.97. The maximum atomic E-state index is 12.1. The van der Waals surface area contributed by atoms with Crippen LogP contribution in [-0.4, -0.2) is 37.8 Å². The van der Waals surface area contributed by atoms with Gasteiger partial charge in [0.15, 0.2) is 0 Å². The third-order valence-electron chi connectivity index (χ3n) is 2.93. The standard InChI is InChI=1S/C9H10N2O3S2/c12-9-8-7(2-4-15-8)16(13,14)11(9)6-1-3-10-5-6/h2,4,6,10H,1,3,5H2/t6-/m0/s1. The van der Waals surface area contributed by atoms with Crippen LogP contribution >= 0.6 is 11.3 Å². The van der Waals surface area contributed by atoms with Crippen LogP contribution in [0.25, 0.3) is 0 Å². The normalized spacial score (nSPS) is 27.4. The molecule has 86 valence electrons. The van der Waals surface area contributed by atoms with Gasteiger partial charge in [0.1, 0.15) is 9.77 Å². The van der Waals surface area contributed by atoms with Crippen molar-refractivity contribution in [3.63, 3.8) is 0 Å². The molecular formula is C9H10N2O3S2. The van der Waals surface area contributed by atoms with Crippen LogP contribution in [0.2, 0.25) is 0 Å². The molecule has 1 aromatic heterocycles. The molecule has 1 N–H and O–H groups in total. The Bertz CT molecular complexity index is 543. The maximum Gasteiger partial charge on any atom is 0.279 e. The van der Waals surface area contributed by atoms with Crippen molar-refractivity contribution in [2.45, 2.75) is 17.4 Å². The zero-order chi connectivity index (χ0) is 11.3.